The minimum Gasteiger partial charge on any atom is -0.481 e. The van der Waals surface area contributed by atoms with Crippen molar-refractivity contribution >= 4 is 5.97 Å². The van der Waals surface area contributed by atoms with Gasteiger partial charge in [0.1, 0.15) is 17.6 Å². The molecule has 0 radical (unpaired) electrons. The van der Waals surface area contributed by atoms with E-state index in [1.807, 2.05) is 6.92 Å². The van der Waals surface area contributed by atoms with Gasteiger partial charge in [0, 0.05) is 12.3 Å². The number of carbonyl (C=O) groups is 1. The molecule has 0 bridgehead atoms. The number of hydrogen-bond acceptors (Lipinski definition) is 4. The number of halogens is 1. The zero-order valence-corrected chi connectivity index (χ0v) is 11.5. The van der Waals surface area contributed by atoms with E-state index in [1.165, 1.54) is 18.3 Å². The second-order valence-corrected chi connectivity index (χ2v) is 4.41. The van der Waals surface area contributed by atoms with E-state index in [0.717, 1.165) is 0 Å². The molecule has 2 aromatic rings. The van der Waals surface area contributed by atoms with Crippen LogP contribution in [0.1, 0.15) is 24.2 Å². The van der Waals surface area contributed by atoms with Gasteiger partial charge in [-0.3, -0.25) is 4.79 Å². The van der Waals surface area contributed by atoms with E-state index in [0.29, 0.717) is 18.1 Å². The fourth-order valence-electron chi connectivity index (χ4n) is 1.94. The fraction of sp³-hybridized carbons (Fsp3) is 0.267. The first-order valence-corrected chi connectivity index (χ1v) is 6.53. The predicted molar refractivity (Wildman–Crippen MR) is 73.7 cm³/mol. The largest absolute Gasteiger partial charge is 0.481 e. The molecule has 1 aromatic carbocycles. The molecule has 0 saturated carbocycles. The van der Waals surface area contributed by atoms with Crippen LogP contribution < -0.4 is 4.74 Å². The van der Waals surface area contributed by atoms with Crippen molar-refractivity contribution in [2.24, 2.45) is 0 Å². The monoisotopic (exact) mass is 290 g/mol. The number of ether oxygens (including phenoxy) is 1. The minimum atomic E-state index is -1.06. The van der Waals surface area contributed by atoms with Crippen LogP contribution in [0.15, 0.2) is 36.5 Å². The maximum Gasteiger partial charge on any atom is 0.314 e. The van der Waals surface area contributed by atoms with E-state index in [2.05, 4.69) is 9.97 Å². The topological polar surface area (TPSA) is 72.3 Å². The Morgan fingerprint density at radius 3 is 2.90 bits per heavy atom. The third-order valence-electron chi connectivity index (χ3n) is 2.88. The molecule has 1 heterocycles. The summed E-state index contributed by atoms with van der Waals surface area (Å²) < 4.78 is 18.4. The molecule has 0 saturated heterocycles. The van der Waals surface area contributed by atoms with E-state index in [1.54, 1.807) is 18.2 Å². The lowest BCUT2D eigenvalue weighted by molar-refractivity contribution is -0.139. The van der Waals surface area contributed by atoms with E-state index >= 15 is 0 Å². The molecule has 1 aromatic heterocycles. The number of benzene rings is 1. The van der Waals surface area contributed by atoms with Gasteiger partial charge in [0.25, 0.3) is 0 Å². The molecular weight excluding hydrogens is 275 g/mol. The molecule has 0 fully saturated rings. The molecule has 0 aliphatic heterocycles. The Bertz CT molecular complexity index is 634. The molecular formula is C15H15FN2O3. The Labute approximate surface area is 121 Å². The van der Waals surface area contributed by atoms with Crippen molar-refractivity contribution in [3.05, 3.63) is 53.7 Å². The molecule has 0 aliphatic rings. The lowest BCUT2D eigenvalue weighted by Crippen LogP contribution is -2.17. The standard InChI is InChI=1S/C15H15FN2O3/c1-2-21-13-6-7-17-14(18-13)12(15(19)20)9-10-4-3-5-11(16)8-10/h3-8,12H,2,9H2,1H3,(H,19,20). The van der Waals surface area contributed by atoms with E-state index in [4.69, 9.17) is 4.74 Å². The Morgan fingerprint density at radius 1 is 1.43 bits per heavy atom. The second kappa shape index (κ2) is 6.78. The highest BCUT2D eigenvalue weighted by molar-refractivity contribution is 5.75. The maximum absolute atomic E-state index is 13.2. The van der Waals surface area contributed by atoms with Gasteiger partial charge in [0.05, 0.1) is 6.61 Å². The molecule has 21 heavy (non-hydrogen) atoms. The molecule has 1 N–H and O–H groups in total. The van der Waals surface area contributed by atoms with Crippen molar-refractivity contribution < 1.29 is 19.0 Å². The summed E-state index contributed by atoms with van der Waals surface area (Å²) in [6.45, 7) is 2.24. The number of carboxylic acids is 1. The highest BCUT2D eigenvalue weighted by Crippen LogP contribution is 2.20. The fourth-order valence-corrected chi connectivity index (χ4v) is 1.94. The molecule has 6 heteroatoms. The number of rotatable bonds is 6. The van der Waals surface area contributed by atoms with Crippen LogP contribution in [0.3, 0.4) is 0 Å². The van der Waals surface area contributed by atoms with Gasteiger partial charge < -0.3 is 9.84 Å². The first-order valence-electron chi connectivity index (χ1n) is 6.53. The quantitative estimate of drug-likeness (QED) is 0.884. The van der Waals surface area contributed by atoms with Crippen molar-refractivity contribution in [2.75, 3.05) is 6.61 Å². The molecule has 5 nitrogen and oxygen atoms in total. The second-order valence-electron chi connectivity index (χ2n) is 4.41. The molecule has 0 amide bonds. The van der Waals surface area contributed by atoms with Crippen LogP contribution in [0.25, 0.3) is 0 Å². The van der Waals surface area contributed by atoms with Crippen LogP contribution in [0.5, 0.6) is 5.88 Å². The van der Waals surface area contributed by atoms with E-state index in [-0.39, 0.29) is 12.2 Å². The summed E-state index contributed by atoms with van der Waals surface area (Å²) in [5.74, 6) is -1.94. The molecule has 1 unspecified atom stereocenters. The van der Waals surface area contributed by atoms with Gasteiger partial charge in [0.15, 0.2) is 0 Å². The van der Waals surface area contributed by atoms with Gasteiger partial charge in [0.2, 0.25) is 5.88 Å². The Balaban J connectivity index is 2.26. The van der Waals surface area contributed by atoms with Gasteiger partial charge in [-0.2, -0.15) is 4.98 Å². The molecule has 0 aliphatic carbocycles. The molecule has 110 valence electrons. The summed E-state index contributed by atoms with van der Waals surface area (Å²) in [6.07, 6.45) is 1.57. The van der Waals surface area contributed by atoms with Gasteiger partial charge in [-0.05, 0) is 31.0 Å². The number of hydrogen-bond donors (Lipinski definition) is 1. The van der Waals surface area contributed by atoms with Crippen LogP contribution in [0, 0.1) is 5.82 Å². The Kier molecular flexibility index (Phi) is 4.81. The van der Waals surface area contributed by atoms with Crippen LogP contribution in [-0.4, -0.2) is 27.7 Å². The number of aromatic nitrogens is 2. The summed E-state index contributed by atoms with van der Waals surface area (Å²) in [4.78, 5) is 19.5. The van der Waals surface area contributed by atoms with Gasteiger partial charge in [-0.1, -0.05) is 12.1 Å². The molecule has 2 rings (SSSR count). The molecule has 1 atom stereocenters. The van der Waals surface area contributed by atoms with Gasteiger partial charge in [-0.15, -0.1) is 0 Å². The number of carboxylic acid groups (broad SMARTS) is 1. The van der Waals surface area contributed by atoms with Crippen molar-refractivity contribution in [2.45, 2.75) is 19.3 Å². The van der Waals surface area contributed by atoms with Crippen molar-refractivity contribution in [1.29, 1.82) is 0 Å². The number of aliphatic carboxylic acids is 1. The lowest BCUT2D eigenvalue weighted by Gasteiger charge is -2.12. The maximum atomic E-state index is 13.2. The van der Waals surface area contributed by atoms with E-state index in [9.17, 15) is 14.3 Å². The summed E-state index contributed by atoms with van der Waals surface area (Å²) in [5, 5.41) is 9.36. The average molecular weight is 290 g/mol. The van der Waals surface area contributed by atoms with Gasteiger partial charge >= 0.3 is 5.97 Å². The zero-order valence-electron chi connectivity index (χ0n) is 11.5. The van der Waals surface area contributed by atoms with Crippen LogP contribution >= 0.6 is 0 Å². The highest BCUT2D eigenvalue weighted by atomic mass is 19.1. The zero-order chi connectivity index (χ0) is 15.2. The minimum absolute atomic E-state index is 0.114. The average Bonchev–Trinajstić information content (AvgIpc) is 2.45. The SMILES string of the molecule is CCOc1ccnc(C(Cc2cccc(F)c2)C(=O)O)n1. The van der Waals surface area contributed by atoms with Crippen molar-refractivity contribution in [1.82, 2.24) is 9.97 Å². The van der Waals surface area contributed by atoms with E-state index < -0.39 is 17.7 Å². The number of nitrogens with zero attached hydrogens (tertiary/aromatic N) is 2. The van der Waals surface area contributed by atoms with Crippen molar-refractivity contribution in [3.8, 4) is 5.88 Å². The first kappa shape index (κ1) is 14.9. The Hall–Kier alpha value is -2.50. The summed E-state index contributed by atoms with van der Waals surface area (Å²) in [5.41, 5.74) is 0.577. The molecule has 0 spiro atoms. The predicted octanol–water partition coefficient (Wildman–Crippen LogP) is 2.43. The normalized spacial score (nSPS) is 11.9. The third kappa shape index (κ3) is 3.98. The highest BCUT2D eigenvalue weighted by Gasteiger charge is 2.24. The van der Waals surface area contributed by atoms with Crippen molar-refractivity contribution in [3.63, 3.8) is 0 Å². The lowest BCUT2D eigenvalue weighted by atomic mass is 9.98. The summed E-state index contributed by atoms with van der Waals surface area (Å²) in [6, 6.07) is 7.40. The first-order chi connectivity index (χ1) is 10.1. The van der Waals surface area contributed by atoms with Crippen LogP contribution in [0.2, 0.25) is 0 Å². The van der Waals surface area contributed by atoms with Gasteiger partial charge in [-0.25, -0.2) is 9.37 Å². The Morgan fingerprint density at radius 2 is 2.24 bits per heavy atom. The summed E-state index contributed by atoms with van der Waals surface area (Å²) >= 11 is 0. The third-order valence-corrected chi connectivity index (χ3v) is 2.88. The smallest absolute Gasteiger partial charge is 0.314 e. The summed E-state index contributed by atoms with van der Waals surface area (Å²) in [7, 11) is 0. The van der Waals surface area contributed by atoms with Crippen LogP contribution in [0.4, 0.5) is 4.39 Å². The van der Waals surface area contributed by atoms with Crippen LogP contribution in [-0.2, 0) is 11.2 Å².